The summed E-state index contributed by atoms with van der Waals surface area (Å²) in [4.78, 5) is 36.5. The largest absolute Gasteiger partial charge is 0.481 e. The van der Waals surface area contributed by atoms with Gasteiger partial charge in [0.1, 0.15) is 12.6 Å². The van der Waals surface area contributed by atoms with Crippen molar-refractivity contribution in [3.63, 3.8) is 0 Å². The van der Waals surface area contributed by atoms with Crippen LogP contribution in [-0.4, -0.2) is 55.5 Å². The number of rotatable bonds is 12. The molecule has 1 aliphatic rings. The lowest BCUT2D eigenvalue weighted by Gasteiger charge is -2.22. The van der Waals surface area contributed by atoms with Gasteiger partial charge in [-0.05, 0) is 28.7 Å². The predicted octanol–water partition coefficient (Wildman–Crippen LogP) is 3.69. The number of carboxylic acids is 1. The summed E-state index contributed by atoms with van der Waals surface area (Å²) >= 11 is 0. The molecule has 0 aliphatic heterocycles. The Balaban J connectivity index is 1.62. The Hall–Kier alpha value is -3.39. The standard InChI is InChI=1S/C26H32N2O6/c1-3-4-9-17(14-24(29)30)27-25(31)23(16-33-2)28-26(32)34-15-22-20-12-7-5-10-18(20)19-11-6-8-13-21(19)22/h5-8,10-13,17,22-23H,3-4,9,14-16H2,1-2H3,(H,27,31)(H,28,32)(H,29,30)/t17-,23?/m1/s1. The van der Waals surface area contributed by atoms with Crippen molar-refractivity contribution in [1.29, 1.82) is 0 Å². The third-order valence-electron chi connectivity index (χ3n) is 5.96. The maximum Gasteiger partial charge on any atom is 0.407 e. The Labute approximate surface area is 199 Å². The first-order valence-electron chi connectivity index (χ1n) is 11.6. The van der Waals surface area contributed by atoms with Crippen LogP contribution in [0.4, 0.5) is 4.79 Å². The molecule has 3 rings (SSSR count). The van der Waals surface area contributed by atoms with Gasteiger partial charge in [0.25, 0.3) is 0 Å². The highest BCUT2D eigenvalue weighted by atomic mass is 16.5. The zero-order valence-corrected chi connectivity index (χ0v) is 19.6. The van der Waals surface area contributed by atoms with Gasteiger partial charge in [-0.2, -0.15) is 0 Å². The van der Waals surface area contributed by atoms with Gasteiger partial charge in [0, 0.05) is 19.1 Å². The van der Waals surface area contributed by atoms with E-state index in [-0.39, 0.29) is 25.6 Å². The Morgan fingerprint density at radius 3 is 2.18 bits per heavy atom. The van der Waals surface area contributed by atoms with Crippen LogP contribution in [0.15, 0.2) is 48.5 Å². The lowest BCUT2D eigenvalue weighted by Crippen LogP contribution is -2.52. The van der Waals surface area contributed by atoms with Gasteiger partial charge in [-0.1, -0.05) is 68.3 Å². The first-order valence-corrected chi connectivity index (χ1v) is 11.6. The van der Waals surface area contributed by atoms with Gasteiger partial charge in [-0.3, -0.25) is 9.59 Å². The highest BCUT2D eigenvalue weighted by Crippen LogP contribution is 2.44. The lowest BCUT2D eigenvalue weighted by atomic mass is 9.98. The topological polar surface area (TPSA) is 114 Å². The minimum Gasteiger partial charge on any atom is -0.481 e. The number of carboxylic acid groups (broad SMARTS) is 1. The molecule has 8 nitrogen and oxygen atoms in total. The molecule has 1 unspecified atom stereocenters. The summed E-state index contributed by atoms with van der Waals surface area (Å²) in [7, 11) is 1.42. The monoisotopic (exact) mass is 468 g/mol. The van der Waals surface area contributed by atoms with Crippen molar-refractivity contribution in [2.45, 2.75) is 50.6 Å². The summed E-state index contributed by atoms with van der Waals surface area (Å²) in [5.74, 6) is -1.59. The molecule has 2 amide bonds. The van der Waals surface area contributed by atoms with E-state index in [1.54, 1.807) is 0 Å². The van der Waals surface area contributed by atoms with E-state index < -0.39 is 30.1 Å². The van der Waals surface area contributed by atoms with Crippen molar-refractivity contribution in [2.24, 2.45) is 0 Å². The van der Waals surface area contributed by atoms with Crippen molar-refractivity contribution < 1.29 is 29.0 Å². The van der Waals surface area contributed by atoms with Crippen molar-refractivity contribution in [2.75, 3.05) is 20.3 Å². The zero-order chi connectivity index (χ0) is 24.5. The predicted molar refractivity (Wildman–Crippen MR) is 128 cm³/mol. The minimum atomic E-state index is -1.00. The van der Waals surface area contributed by atoms with Crippen molar-refractivity contribution in [3.05, 3.63) is 59.7 Å². The SMILES string of the molecule is CCCC[C@H](CC(=O)O)NC(=O)C(COC)NC(=O)OCC1c2ccccc2-c2ccccc21. The smallest absolute Gasteiger partial charge is 0.407 e. The van der Waals surface area contributed by atoms with E-state index >= 15 is 0 Å². The van der Waals surface area contributed by atoms with E-state index in [1.807, 2.05) is 43.3 Å². The Morgan fingerprint density at radius 2 is 1.62 bits per heavy atom. The number of unbranched alkanes of at least 4 members (excludes halogenated alkanes) is 1. The maximum absolute atomic E-state index is 12.8. The minimum absolute atomic E-state index is 0.0659. The summed E-state index contributed by atoms with van der Waals surface area (Å²) in [6.07, 6.45) is 1.29. The van der Waals surface area contributed by atoms with E-state index in [0.29, 0.717) is 6.42 Å². The van der Waals surface area contributed by atoms with E-state index in [2.05, 4.69) is 22.8 Å². The third kappa shape index (κ3) is 6.35. The number of amides is 2. The number of carbonyl (C=O) groups is 3. The molecule has 8 heteroatoms. The van der Waals surface area contributed by atoms with Crippen LogP contribution in [-0.2, 0) is 19.1 Å². The van der Waals surface area contributed by atoms with E-state index in [4.69, 9.17) is 14.6 Å². The second-order valence-electron chi connectivity index (χ2n) is 8.42. The molecular weight excluding hydrogens is 436 g/mol. The van der Waals surface area contributed by atoms with Gasteiger partial charge >= 0.3 is 12.1 Å². The third-order valence-corrected chi connectivity index (χ3v) is 5.96. The Bertz CT molecular complexity index is 963. The summed E-state index contributed by atoms with van der Waals surface area (Å²) in [5.41, 5.74) is 4.44. The van der Waals surface area contributed by atoms with Gasteiger partial charge in [-0.15, -0.1) is 0 Å². The molecule has 3 N–H and O–H groups in total. The van der Waals surface area contributed by atoms with Gasteiger partial charge in [0.05, 0.1) is 13.0 Å². The van der Waals surface area contributed by atoms with Gasteiger partial charge < -0.3 is 25.2 Å². The number of methoxy groups -OCH3 is 1. The molecule has 0 saturated carbocycles. The first kappa shape index (κ1) is 25.2. The van der Waals surface area contributed by atoms with Crippen molar-refractivity contribution in [1.82, 2.24) is 10.6 Å². The lowest BCUT2D eigenvalue weighted by molar-refractivity contribution is -0.137. The molecule has 0 saturated heterocycles. The fourth-order valence-electron chi connectivity index (χ4n) is 4.32. The number of aliphatic carboxylic acids is 1. The number of alkyl carbamates (subject to hydrolysis) is 1. The zero-order valence-electron chi connectivity index (χ0n) is 19.6. The molecule has 0 spiro atoms. The van der Waals surface area contributed by atoms with Crippen LogP contribution in [0.2, 0.25) is 0 Å². The molecule has 2 aromatic carbocycles. The maximum atomic E-state index is 12.8. The van der Waals surface area contributed by atoms with Crippen molar-refractivity contribution >= 4 is 18.0 Å². The molecule has 182 valence electrons. The number of benzene rings is 2. The number of hydrogen-bond acceptors (Lipinski definition) is 5. The summed E-state index contributed by atoms with van der Waals surface area (Å²) in [5, 5.41) is 14.4. The van der Waals surface area contributed by atoms with Gasteiger partial charge in [0.15, 0.2) is 0 Å². The normalized spacial score (nSPS) is 13.9. The second-order valence-corrected chi connectivity index (χ2v) is 8.42. The molecule has 0 radical (unpaired) electrons. The van der Waals surface area contributed by atoms with Crippen LogP contribution in [0.5, 0.6) is 0 Å². The van der Waals surface area contributed by atoms with Crippen LogP contribution in [0.3, 0.4) is 0 Å². The van der Waals surface area contributed by atoms with Gasteiger partial charge in [-0.25, -0.2) is 4.79 Å². The average Bonchev–Trinajstić information content (AvgIpc) is 3.14. The molecule has 0 fully saturated rings. The summed E-state index contributed by atoms with van der Waals surface area (Å²) in [6.45, 7) is 2.05. The van der Waals surface area contributed by atoms with Crippen LogP contribution in [0.25, 0.3) is 11.1 Å². The van der Waals surface area contributed by atoms with Crippen LogP contribution in [0.1, 0.15) is 49.7 Å². The average molecular weight is 469 g/mol. The first-order chi connectivity index (χ1) is 16.4. The van der Waals surface area contributed by atoms with Crippen LogP contribution < -0.4 is 10.6 Å². The number of hydrogen-bond donors (Lipinski definition) is 3. The molecular formula is C26H32N2O6. The molecule has 34 heavy (non-hydrogen) atoms. The second kappa shape index (κ2) is 12.2. The number of nitrogens with one attached hydrogen (secondary N) is 2. The summed E-state index contributed by atoms with van der Waals surface area (Å²) < 4.78 is 10.6. The van der Waals surface area contributed by atoms with Crippen molar-refractivity contribution in [3.8, 4) is 11.1 Å². The Morgan fingerprint density at radius 1 is 1.00 bits per heavy atom. The molecule has 0 heterocycles. The van der Waals surface area contributed by atoms with E-state index in [1.165, 1.54) is 7.11 Å². The van der Waals surface area contributed by atoms with Gasteiger partial charge in [0.2, 0.25) is 5.91 Å². The van der Waals surface area contributed by atoms with E-state index in [9.17, 15) is 14.4 Å². The number of fused-ring (bicyclic) bond motifs is 3. The Kier molecular flexibility index (Phi) is 9.04. The molecule has 0 bridgehead atoms. The van der Waals surface area contributed by atoms with Crippen LogP contribution in [0, 0.1) is 0 Å². The van der Waals surface area contributed by atoms with Crippen LogP contribution >= 0.6 is 0 Å². The number of carbonyl (C=O) groups excluding carboxylic acids is 2. The fourth-order valence-corrected chi connectivity index (χ4v) is 4.32. The molecule has 1 aliphatic carbocycles. The fraction of sp³-hybridized carbons (Fsp3) is 0.423. The van der Waals surface area contributed by atoms with E-state index in [0.717, 1.165) is 35.1 Å². The summed E-state index contributed by atoms with van der Waals surface area (Å²) in [6, 6.07) is 14.5. The molecule has 0 aromatic heterocycles. The highest BCUT2D eigenvalue weighted by molar-refractivity contribution is 5.86. The molecule has 2 aromatic rings. The highest BCUT2D eigenvalue weighted by Gasteiger charge is 2.30. The number of ether oxygens (including phenoxy) is 2. The quantitative estimate of drug-likeness (QED) is 0.438. The molecule has 2 atom stereocenters.